The molecule has 8 heteroatoms. The number of hydrogen-bond donors (Lipinski definition) is 0. The molecule has 0 atom stereocenters. The summed E-state index contributed by atoms with van der Waals surface area (Å²) in [4.78, 5) is 27.2. The van der Waals surface area contributed by atoms with Gasteiger partial charge in [0.05, 0.1) is 4.92 Å². The normalized spacial score (nSPS) is 14.2. The van der Waals surface area contributed by atoms with Crippen LogP contribution in [0.5, 0.6) is 5.75 Å². The first-order valence-electron chi connectivity index (χ1n) is 9.65. The predicted octanol–water partition coefficient (Wildman–Crippen LogP) is 5.43. The number of benzene rings is 3. The Morgan fingerprint density at radius 1 is 1.09 bits per heavy atom. The second kappa shape index (κ2) is 9.31. The van der Waals surface area contributed by atoms with E-state index in [0.29, 0.717) is 23.5 Å². The summed E-state index contributed by atoms with van der Waals surface area (Å²) in [6.45, 7) is 2.06. The first-order valence-corrected chi connectivity index (χ1v) is 10.7. The molecule has 0 N–H and O–H groups in total. The highest BCUT2D eigenvalue weighted by Crippen LogP contribution is 2.26. The van der Waals surface area contributed by atoms with Crippen molar-refractivity contribution in [3.63, 3.8) is 0 Å². The van der Waals surface area contributed by atoms with Crippen LogP contribution in [0.3, 0.4) is 0 Å². The smallest absolute Gasteiger partial charge is 0.363 e. The van der Waals surface area contributed by atoms with E-state index in [2.05, 4.69) is 27.6 Å². The molecule has 32 heavy (non-hydrogen) atoms. The van der Waals surface area contributed by atoms with Crippen molar-refractivity contribution in [1.82, 2.24) is 0 Å². The Morgan fingerprint density at radius 2 is 1.84 bits per heavy atom. The van der Waals surface area contributed by atoms with Crippen LogP contribution in [0.25, 0.3) is 6.08 Å². The molecule has 1 aliphatic rings. The van der Waals surface area contributed by atoms with Crippen molar-refractivity contribution < 1.29 is 19.2 Å². The SMILES string of the molecule is Cc1c(C2=N/C(=C\c3ccc(OCc4ccccc4I)cc3)C(=O)O2)cccc1[N+](=O)[O-]. The number of nitro benzene ring substituents is 1. The highest BCUT2D eigenvalue weighted by Gasteiger charge is 2.27. The minimum absolute atomic E-state index is 0.0554. The van der Waals surface area contributed by atoms with E-state index in [9.17, 15) is 14.9 Å². The summed E-state index contributed by atoms with van der Waals surface area (Å²) in [5.41, 5.74) is 2.72. The summed E-state index contributed by atoms with van der Waals surface area (Å²) in [7, 11) is 0. The molecule has 0 fully saturated rings. The van der Waals surface area contributed by atoms with Gasteiger partial charge in [-0.25, -0.2) is 9.79 Å². The number of aliphatic imine (C=N–C) groups is 1. The number of rotatable bonds is 6. The minimum atomic E-state index is -0.607. The van der Waals surface area contributed by atoms with Crippen LogP contribution in [0.1, 0.15) is 22.3 Å². The Hall–Kier alpha value is -3.53. The summed E-state index contributed by atoms with van der Waals surface area (Å²) in [5, 5.41) is 11.2. The van der Waals surface area contributed by atoms with E-state index in [-0.39, 0.29) is 17.3 Å². The van der Waals surface area contributed by atoms with Crippen molar-refractivity contribution >= 4 is 46.2 Å². The van der Waals surface area contributed by atoms with Crippen molar-refractivity contribution in [1.29, 1.82) is 0 Å². The lowest BCUT2D eigenvalue weighted by atomic mass is 10.1. The van der Waals surface area contributed by atoms with E-state index in [1.54, 1.807) is 19.1 Å². The number of ether oxygens (including phenoxy) is 2. The Balaban J connectivity index is 1.51. The van der Waals surface area contributed by atoms with Crippen LogP contribution in [-0.4, -0.2) is 16.8 Å². The number of esters is 1. The molecule has 1 aliphatic heterocycles. The minimum Gasteiger partial charge on any atom is -0.489 e. The van der Waals surface area contributed by atoms with Gasteiger partial charge in [-0.1, -0.05) is 36.4 Å². The van der Waals surface area contributed by atoms with Gasteiger partial charge in [0.15, 0.2) is 5.70 Å². The highest BCUT2D eigenvalue weighted by molar-refractivity contribution is 14.1. The Bertz CT molecular complexity index is 1270. The van der Waals surface area contributed by atoms with E-state index < -0.39 is 10.9 Å². The van der Waals surface area contributed by atoms with Crippen LogP contribution in [-0.2, 0) is 16.1 Å². The summed E-state index contributed by atoms with van der Waals surface area (Å²) in [6.07, 6.45) is 1.60. The van der Waals surface area contributed by atoms with Gasteiger partial charge in [-0.3, -0.25) is 10.1 Å². The molecule has 0 saturated carbocycles. The van der Waals surface area contributed by atoms with Crippen LogP contribution in [0.2, 0.25) is 0 Å². The maximum Gasteiger partial charge on any atom is 0.363 e. The standard InChI is InChI=1S/C24H17IN2O5/c1-15-19(6-4-8-22(15)27(29)30)23-26-21(24(28)32-23)13-16-9-11-18(12-10-16)31-14-17-5-2-3-7-20(17)25/h2-13H,14H2,1H3/b21-13-. The Kier molecular flexibility index (Phi) is 6.31. The number of nitro groups is 1. The molecule has 0 aromatic heterocycles. The van der Waals surface area contributed by atoms with E-state index in [4.69, 9.17) is 9.47 Å². The number of carbonyl (C=O) groups excluding carboxylic acids is 1. The molecule has 160 valence electrons. The van der Waals surface area contributed by atoms with Crippen molar-refractivity contribution in [2.45, 2.75) is 13.5 Å². The molecule has 4 rings (SSSR count). The van der Waals surface area contributed by atoms with E-state index in [1.807, 2.05) is 48.5 Å². The maximum atomic E-state index is 12.3. The average molecular weight is 540 g/mol. The molecular formula is C24H17IN2O5. The summed E-state index contributed by atoms with van der Waals surface area (Å²) in [6, 6.07) is 19.8. The second-order valence-electron chi connectivity index (χ2n) is 6.99. The molecule has 0 amide bonds. The fraction of sp³-hybridized carbons (Fsp3) is 0.0833. The predicted molar refractivity (Wildman–Crippen MR) is 128 cm³/mol. The van der Waals surface area contributed by atoms with Crippen LogP contribution in [0.15, 0.2) is 77.4 Å². The summed E-state index contributed by atoms with van der Waals surface area (Å²) >= 11 is 2.27. The first kappa shape index (κ1) is 21.7. The van der Waals surface area contributed by atoms with Gasteiger partial charge >= 0.3 is 5.97 Å². The maximum absolute atomic E-state index is 12.3. The van der Waals surface area contributed by atoms with Crippen molar-refractivity contribution in [3.8, 4) is 5.75 Å². The van der Waals surface area contributed by atoms with Crippen LogP contribution in [0.4, 0.5) is 5.69 Å². The van der Waals surface area contributed by atoms with Gasteiger partial charge in [0.1, 0.15) is 12.4 Å². The second-order valence-corrected chi connectivity index (χ2v) is 8.15. The van der Waals surface area contributed by atoms with Crippen LogP contribution >= 0.6 is 22.6 Å². The third-order valence-electron chi connectivity index (χ3n) is 4.89. The van der Waals surface area contributed by atoms with Gasteiger partial charge in [0.25, 0.3) is 5.69 Å². The fourth-order valence-electron chi connectivity index (χ4n) is 3.17. The van der Waals surface area contributed by atoms with Gasteiger partial charge < -0.3 is 9.47 Å². The molecule has 1 heterocycles. The lowest BCUT2D eigenvalue weighted by Crippen LogP contribution is -2.08. The van der Waals surface area contributed by atoms with Crippen molar-refractivity contribution in [2.24, 2.45) is 4.99 Å². The topological polar surface area (TPSA) is 91.0 Å². The molecular weight excluding hydrogens is 523 g/mol. The van der Waals surface area contributed by atoms with Gasteiger partial charge in [-0.15, -0.1) is 0 Å². The molecule has 0 unspecified atom stereocenters. The Labute approximate surface area is 197 Å². The molecule has 3 aromatic carbocycles. The molecule has 0 radical (unpaired) electrons. The number of halogens is 1. The van der Waals surface area contributed by atoms with Gasteiger partial charge in [-0.05, 0) is 65.4 Å². The monoisotopic (exact) mass is 540 g/mol. The quantitative estimate of drug-likeness (QED) is 0.137. The largest absolute Gasteiger partial charge is 0.489 e. The first-order chi connectivity index (χ1) is 15.4. The molecule has 0 saturated heterocycles. The van der Waals surface area contributed by atoms with Gasteiger partial charge in [0.2, 0.25) is 5.90 Å². The number of carbonyl (C=O) groups is 1. The lowest BCUT2D eigenvalue weighted by molar-refractivity contribution is -0.385. The average Bonchev–Trinajstić information content (AvgIpc) is 3.14. The molecule has 0 bridgehead atoms. The zero-order chi connectivity index (χ0) is 22.7. The van der Waals surface area contributed by atoms with E-state index in [0.717, 1.165) is 14.7 Å². The zero-order valence-electron chi connectivity index (χ0n) is 16.9. The third-order valence-corrected chi connectivity index (χ3v) is 5.94. The number of nitrogens with zero attached hydrogens (tertiary/aromatic N) is 2. The van der Waals surface area contributed by atoms with E-state index >= 15 is 0 Å². The lowest BCUT2D eigenvalue weighted by Gasteiger charge is -2.08. The molecule has 3 aromatic rings. The van der Waals surface area contributed by atoms with Crippen LogP contribution in [0, 0.1) is 20.6 Å². The molecule has 0 spiro atoms. The summed E-state index contributed by atoms with van der Waals surface area (Å²) in [5.74, 6) is 0.155. The number of hydrogen-bond acceptors (Lipinski definition) is 6. The van der Waals surface area contributed by atoms with Gasteiger partial charge in [-0.2, -0.15) is 0 Å². The van der Waals surface area contributed by atoms with E-state index in [1.165, 1.54) is 12.1 Å². The van der Waals surface area contributed by atoms with Crippen LogP contribution < -0.4 is 4.74 Å². The van der Waals surface area contributed by atoms with Crippen molar-refractivity contribution in [2.75, 3.05) is 0 Å². The molecule has 7 nitrogen and oxygen atoms in total. The summed E-state index contributed by atoms with van der Waals surface area (Å²) < 4.78 is 12.2. The fourth-order valence-corrected chi connectivity index (χ4v) is 3.72. The van der Waals surface area contributed by atoms with Crippen molar-refractivity contribution in [3.05, 3.63) is 108 Å². The number of cyclic esters (lactones) is 1. The Morgan fingerprint density at radius 3 is 2.56 bits per heavy atom. The van der Waals surface area contributed by atoms with Gasteiger partial charge in [0, 0.05) is 26.3 Å². The third kappa shape index (κ3) is 4.70. The molecule has 0 aliphatic carbocycles. The zero-order valence-corrected chi connectivity index (χ0v) is 19.1. The highest BCUT2D eigenvalue weighted by atomic mass is 127.